The number of hydrogen-bond acceptors (Lipinski definition) is 6. The number of hydrogen-bond donors (Lipinski definition) is 2. The second kappa shape index (κ2) is 6.51. The molecular formula is C14H25N3O3S. The van der Waals surface area contributed by atoms with Crippen molar-refractivity contribution in [3.8, 4) is 5.88 Å². The van der Waals surface area contributed by atoms with Crippen molar-refractivity contribution in [1.82, 2.24) is 4.98 Å². The molecular weight excluding hydrogens is 290 g/mol. The smallest absolute Gasteiger partial charge is 0.239 e. The fourth-order valence-electron chi connectivity index (χ4n) is 1.35. The SMILES string of the molecule is CC(C)COc1nc(NCC(C)(C)S(C)(=O)=O)ccc1N. The number of nitrogen functional groups attached to an aromatic ring is 1. The highest BCUT2D eigenvalue weighted by Gasteiger charge is 2.29. The van der Waals surface area contributed by atoms with E-state index in [2.05, 4.69) is 10.3 Å². The standard InChI is InChI=1S/C14H25N3O3S/c1-10(2)8-20-13-11(15)6-7-12(17-13)16-9-14(3,4)21(5,18)19/h6-7,10H,8-9,15H2,1-5H3,(H,16,17). The molecule has 0 unspecified atom stereocenters. The van der Waals surface area contributed by atoms with E-state index in [1.165, 1.54) is 6.26 Å². The summed E-state index contributed by atoms with van der Waals surface area (Å²) in [5.41, 5.74) is 6.28. The van der Waals surface area contributed by atoms with E-state index in [1.807, 2.05) is 13.8 Å². The van der Waals surface area contributed by atoms with Gasteiger partial charge in [-0.15, -0.1) is 0 Å². The van der Waals surface area contributed by atoms with Crippen LogP contribution in [0.15, 0.2) is 12.1 Å². The third-order valence-corrected chi connectivity index (χ3v) is 5.29. The highest BCUT2D eigenvalue weighted by Crippen LogP contribution is 2.22. The molecule has 7 heteroatoms. The number of nitrogens with two attached hydrogens (primary N) is 1. The molecule has 0 bridgehead atoms. The minimum Gasteiger partial charge on any atom is -0.476 e. The molecule has 0 radical (unpaired) electrons. The Kier molecular flexibility index (Phi) is 5.44. The largest absolute Gasteiger partial charge is 0.476 e. The average Bonchev–Trinajstić information content (AvgIpc) is 2.34. The van der Waals surface area contributed by atoms with Crippen molar-refractivity contribution in [3.05, 3.63) is 12.1 Å². The monoisotopic (exact) mass is 315 g/mol. The zero-order valence-corrected chi connectivity index (χ0v) is 14.1. The minimum atomic E-state index is -3.16. The summed E-state index contributed by atoms with van der Waals surface area (Å²) in [5, 5.41) is 3.02. The molecule has 1 rings (SSSR count). The lowest BCUT2D eigenvalue weighted by Gasteiger charge is -2.23. The van der Waals surface area contributed by atoms with Crippen molar-refractivity contribution in [2.75, 3.05) is 30.5 Å². The molecule has 21 heavy (non-hydrogen) atoms. The molecule has 1 heterocycles. The molecule has 0 aromatic carbocycles. The maximum absolute atomic E-state index is 11.7. The molecule has 120 valence electrons. The Morgan fingerprint density at radius 1 is 1.38 bits per heavy atom. The van der Waals surface area contributed by atoms with E-state index >= 15 is 0 Å². The molecule has 0 atom stereocenters. The van der Waals surface area contributed by atoms with Gasteiger partial charge in [-0.25, -0.2) is 8.42 Å². The fourth-order valence-corrected chi connectivity index (χ4v) is 1.68. The number of ether oxygens (including phenoxy) is 1. The second-order valence-electron chi connectivity index (χ2n) is 6.18. The highest BCUT2D eigenvalue weighted by atomic mass is 32.2. The first-order valence-electron chi connectivity index (χ1n) is 6.86. The van der Waals surface area contributed by atoms with Gasteiger partial charge in [-0.1, -0.05) is 13.8 Å². The van der Waals surface area contributed by atoms with Gasteiger partial charge in [0.2, 0.25) is 5.88 Å². The summed E-state index contributed by atoms with van der Waals surface area (Å²) in [4.78, 5) is 4.28. The summed E-state index contributed by atoms with van der Waals surface area (Å²) in [6.07, 6.45) is 1.22. The Hall–Kier alpha value is -1.50. The maximum Gasteiger partial charge on any atom is 0.239 e. The normalized spacial score (nSPS) is 12.5. The summed E-state index contributed by atoms with van der Waals surface area (Å²) >= 11 is 0. The van der Waals surface area contributed by atoms with Gasteiger partial charge in [0, 0.05) is 12.8 Å². The van der Waals surface area contributed by atoms with Crippen LogP contribution in [0.1, 0.15) is 27.7 Å². The van der Waals surface area contributed by atoms with Crippen LogP contribution in [0.2, 0.25) is 0 Å². The topological polar surface area (TPSA) is 94.3 Å². The number of anilines is 2. The van der Waals surface area contributed by atoms with Crippen molar-refractivity contribution < 1.29 is 13.2 Å². The summed E-state index contributed by atoms with van der Waals surface area (Å²) in [6.45, 7) is 8.19. The lowest BCUT2D eigenvalue weighted by atomic mass is 10.2. The zero-order valence-electron chi connectivity index (χ0n) is 13.3. The van der Waals surface area contributed by atoms with Gasteiger partial charge < -0.3 is 15.8 Å². The number of sulfone groups is 1. The third kappa shape index (κ3) is 5.08. The molecule has 0 amide bonds. The predicted molar refractivity (Wildman–Crippen MR) is 86.4 cm³/mol. The van der Waals surface area contributed by atoms with E-state index in [0.29, 0.717) is 29.9 Å². The molecule has 0 spiro atoms. The molecule has 1 aromatic heterocycles. The van der Waals surface area contributed by atoms with Crippen LogP contribution in [0.3, 0.4) is 0 Å². The van der Waals surface area contributed by atoms with Crippen LogP contribution in [0.5, 0.6) is 5.88 Å². The molecule has 0 saturated carbocycles. The van der Waals surface area contributed by atoms with E-state index in [4.69, 9.17) is 10.5 Å². The van der Waals surface area contributed by atoms with Crippen LogP contribution < -0.4 is 15.8 Å². The molecule has 0 aliphatic rings. The Bertz CT molecular complexity index is 583. The van der Waals surface area contributed by atoms with Gasteiger partial charge in [0.05, 0.1) is 17.0 Å². The molecule has 3 N–H and O–H groups in total. The van der Waals surface area contributed by atoms with Gasteiger partial charge in [0.15, 0.2) is 9.84 Å². The highest BCUT2D eigenvalue weighted by molar-refractivity contribution is 7.92. The Morgan fingerprint density at radius 2 is 2.00 bits per heavy atom. The van der Waals surface area contributed by atoms with Gasteiger partial charge in [-0.3, -0.25) is 0 Å². The Labute approximate surface area is 127 Å². The molecule has 0 aliphatic heterocycles. The minimum absolute atomic E-state index is 0.256. The number of nitrogens with zero attached hydrogens (tertiary/aromatic N) is 1. The van der Waals surface area contributed by atoms with E-state index in [9.17, 15) is 8.42 Å². The van der Waals surface area contributed by atoms with Crippen LogP contribution in [-0.2, 0) is 9.84 Å². The maximum atomic E-state index is 11.7. The Morgan fingerprint density at radius 3 is 2.52 bits per heavy atom. The lowest BCUT2D eigenvalue weighted by Crippen LogP contribution is -2.38. The van der Waals surface area contributed by atoms with Crippen molar-refractivity contribution in [2.24, 2.45) is 5.92 Å². The quantitative estimate of drug-likeness (QED) is 0.798. The van der Waals surface area contributed by atoms with E-state index in [-0.39, 0.29) is 6.54 Å². The first-order valence-corrected chi connectivity index (χ1v) is 8.75. The number of nitrogens with one attached hydrogen (secondary N) is 1. The average molecular weight is 315 g/mol. The van der Waals surface area contributed by atoms with Crippen LogP contribution in [0.25, 0.3) is 0 Å². The van der Waals surface area contributed by atoms with E-state index < -0.39 is 14.6 Å². The zero-order chi connectivity index (χ0) is 16.3. The lowest BCUT2D eigenvalue weighted by molar-refractivity contribution is 0.263. The fraction of sp³-hybridized carbons (Fsp3) is 0.643. The first kappa shape index (κ1) is 17.6. The number of rotatable bonds is 7. The van der Waals surface area contributed by atoms with Crippen LogP contribution in [0, 0.1) is 5.92 Å². The van der Waals surface area contributed by atoms with Gasteiger partial charge >= 0.3 is 0 Å². The van der Waals surface area contributed by atoms with Crippen molar-refractivity contribution in [2.45, 2.75) is 32.4 Å². The molecule has 6 nitrogen and oxygen atoms in total. The molecule has 0 saturated heterocycles. The van der Waals surface area contributed by atoms with Crippen molar-refractivity contribution in [3.63, 3.8) is 0 Å². The number of pyridine rings is 1. The predicted octanol–water partition coefficient (Wildman–Crippen LogP) is 1.93. The van der Waals surface area contributed by atoms with Gasteiger partial charge in [0.25, 0.3) is 0 Å². The van der Waals surface area contributed by atoms with Gasteiger partial charge in [-0.05, 0) is 31.9 Å². The summed E-state index contributed by atoms with van der Waals surface area (Å²) in [5.74, 6) is 1.28. The van der Waals surface area contributed by atoms with Gasteiger partial charge in [0.1, 0.15) is 5.82 Å². The molecule has 1 aromatic rings. The van der Waals surface area contributed by atoms with Crippen LogP contribution >= 0.6 is 0 Å². The Balaban J connectivity index is 2.79. The molecule has 0 aliphatic carbocycles. The third-order valence-electron chi connectivity index (χ3n) is 3.14. The van der Waals surface area contributed by atoms with Crippen molar-refractivity contribution >= 4 is 21.3 Å². The van der Waals surface area contributed by atoms with Gasteiger partial charge in [-0.2, -0.15) is 4.98 Å². The van der Waals surface area contributed by atoms with Crippen LogP contribution in [-0.4, -0.2) is 37.6 Å². The summed E-state index contributed by atoms with van der Waals surface area (Å²) in [6, 6.07) is 3.40. The first-order chi connectivity index (χ1) is 9.53. The second-order valence-corrected chi connectivity index (χ2v) is 8.83. The van der Waals surface area contributed by atoms with E-state index in [0.717, 1.165) is 0 Å². The van der Waals surface area contributed by atoms with Crippen molar-refractivity contribution in [1.29, 1.82) is 0 Å². The number of aromatic nitrogens is 1. The summed E-state index contributed by atoms with van der Waals surface area (Å²) < 4.78 is 28.0. The molecule has 0 fully saturated rings. The van der Waals surface area contributed by atoms with E-state index in [1.54, 1.807) is 26.0 Å². The van der Waals surface area contributed by atoms with Crippen LogP contribution in [0.4, 0.5) is 11.5 Å². The summed E-state index contributed by atoms with van der Waals surface area (Å²) in [7, 11) is -3.16.